The predicted molar refractivity (Wildman–Crippen MR) is 97.0 cm³/mol. The van der Waals surface area contributed by atoms with Crippen LogP contribution in [0.25, 0.3) is 5.57 Å². The summed E-state index contributed by atoms with van der Waals surface area (Å²) in [5.74, 6) is 0.0980. The van der Waals surface area contributed by atoms with E-state index in [9.17, 15) is 9.59 Å². The van der Waals surface area contributed by atoms with Crippen LogP contribution in [0.1, 0.15) is 50.7 Å². The molecular formula is C19H20Cl2O4. The molecule has 0 fully saturated rings. The van der Waals surface area contributed by atoms with E-state index in [0.29, 0.717) is 17.2 Å². The van der Waals surface area contributed by atoms with E-state index < -0.39 is 5.97 Å². The van der Waals surface area contributed by atoms with Gasteiger partial charge < -0.3 is 9.47 Å². The first-order chi connectivity index (χ1) is 11.9. The smallest absolute Gasteiger partial charge is 0.305 e. The Morgan fingerprint density at radius 3 is 2.76 bits per heavy atom. The molecule has 25 heavy (non-hydrogen) atoms. The van der Waals surface area contributed by atoms with Crippen molar-refractivity contribution in [2.45, 2.75) is 46.0 Å². The standard InChI is InChI=1S/C19H20Cl2O4/c1-3-5-19-6-4-13(23)8-14(19)16-12(9-19)7-15(17(20)18(16)21)25-10-24-11(2)22/h7-8H,3-6,9-10H2,1-2H3/t19-/m1/s1. The van der Waals surface area contributed by atoms with Crippen LogP contribution in [0.3, 0.4) is 0 Å². The molecule has 0 unspecified atom stereocenters. The summed E-state index contributed by atoms with van der Waals surface area (Å²) in [5, 5.41) is 0.676. The van der Waals surface area contributed by atoms with Gasteiger partial charge in [-0.05, 0) is 42.5 Å². The largest absolute Gasteiger partial charge is 0.456 e. The third-order valence-electron chi connectivity index (χ3n) is 4.98. The molecule has 0 bridgehead atoms. The molecule has 0 radical (unpaired) electrons. The number of benzene rings is 1. The SMILES string of the molecule is CCC[C@]12CCC(=O)C=C1c1c(cc(OCOC(C)=O)c(Cl)c1Cl)C2. The lowest BCUT2D eigenvalue weighted by Gasteiger charge is -2.33. The minimum atomic E-state index is -0.431. The Kier molecular flexibility index (Phi) is 5.12. The van der Waals surface area contributed by atoms with Gasteiger partial charge >= 0.3 is 5.97 Å². The number of hydrogen-bond donors (Lipinski definition) is 0. The number of allylic oxidation sites excluding steroid dienone is 2. The maximum Gasteiger partial charge on any atom is 0.305 e. The number of ketones is 1. The fourth-order valence-electron chi connectivity index (χ4n) is 3.96. The normalized spacial score (nSPS) is 21.4. The number of esters is 1. The molecule has 2 aliphatic rings. The topological polar surface area (TPSA) is 52.6 Å². The van der Waals surface area contributed by atoms with Crippen LogP contribution in [0, 0.1) is 5.41 Å². The second-order valence-corrected chi connectivity index (χ2v) is 7.42. The summed E-state index contributed by atoms with van der Waals surface area (Å²) in [6, 6.07) is 1.86. The first-order valence-electron chi connectivity index (χ1n) is 8.40. The fourth-order valence-corrected chi connectivity index (χ4v) is 4.48. The molecular weight excluding hydrogens is 363 g/mol. The number of carbonyl (C=O) groups is 2. The first kappa shape index (κ1) is 18.3. The van der Waals surface area contributed by atoms with Crippen LogP contribution in [-0.4, -0.2) is 18.5 Å². The van der Waals surface area contributed by atoms with Crippen molar-refractivity contribution >= 4 is 40.5 Å². The molecule has 0 heterocycles. The molecule has 0 saturated heterocycles. The summed E-state index contributed by atoms with van der Waals surface area (Å²) in [4.78, 5) is 22.9. The van der Waals surface area contributed by atoms with Crippen LogP contribution in [0.5, 0.6) is 5.75 Å². The third-order valence-corrected chi connectivity index (χ3v) is 5.83. The van der Waals surface area contributed by atoms with Crippen LogP contribution in [-0.2, 0) is 20.7 Å². The molecule has 1 aromatic carbocycles. The molecule has 0 saturated carbocycles. The first-order valence-corrected chi connectivity index (χ1v) is 9.16. The van der Waals surface area contributed by atoms with Crippen molar-refractivity contribution in [3.63, 3.8) is 0 Å². The highest BCUT2D eigenvalue weighted by Gasteiger charge is 2.45. The quantitative estimate of drug-likeness (QED) is 0.532. The maximum atomic E-state index is 12.0. The Bertz CT molecular complexity index is 769. The zero-order chi connectivity index (χ0) is 18.2. The van der Waals surface area contributed by atoms with Gasteiger partial charge in [0.1, 0.15) is 10.8 Å². The van der Waals surface area contributed by atoms with Crippen molar-refractivity contribution in [3.05, 3.63) is 33.3 Å². The lowest BCUT2D eigenvalue weighted by molar-refractivity contribution is -0.147. The minimum Gasteiger partial charge on any atom is -0.456 e. The van der Waals surface area contributed by atoms with Crippen LogP contribution < -0.4 is 4.74 Å². The molecule has 3 rings (SSSR count). The summed E-state index contributed by atoms with van der Waals surface area (Å²) in [6.45, 7) is 3.24. The maximum absolute atomic E-state index is 12.0. The van der Waals surface area contributed by atoms with E-state index in [1.54, 1.807) is 6.08 Å². The summed E-state index contributed by atoms with van der Waals surface area (Å²) in [6.07, 6.45) is 5.98. The summed E-state index contributed by atoms with van der Waals surface area (Å²) in [7, 11) is 0. The van der Waals surface area contributed by atoms with Crippen LogP contribution >= 0.6 is 23.2 Å². The van der Waals surface area contributed by atoms with E-state index in [1.807, 2.05) is 6.07 Å². The Balaban J connectivity index is 2.01. The van der Waals surface area contributed by atoms with Crippen molar-refractivity contribution in [1.29, 1.82) is 0 Å². The summed E-state index contributed by atoms with van der Waals surface area (Å²) < 4.78 is 10.3. The van der Waals surface area contributed by atoms with E-state index in [1.165, 1.54) is 6.92 Å². The van der Waals surface area contributed by atoms with Crippen LogP contribution in [0.2, 0.25) is 10.0 Å². The van der Waals surface area contributed by atoms with Gasteiger partial charge in [0.25, 0.3) is 0 Å². The van der Waals surface area contributed by atoms with Crippen LogP contribution in [0.4, 0.5) is 0 Å². The Morgan fingerprint density at radius 2 is 2.08 bits per heavy atom. The van der Waals surface area contributed by atoms with Crippen molar-refractivity contribution < 1.29 is 19.1 Å². The molecule has 0 aliphatic heterocycles. The van der Waals surface area contributed by atoms with E-state index in [-0.39, 0.29) is 23.0 Å². The Hall–Kier alpha value is -1.52. The highest BCUT2D eigenvalue weighted by molar-refractivity contribution is 6.44. The molecule has 0 spiro atoms. The van der Waals surface area contributed by atoms with E-state index in [0.717, 1.165) is 42.4 Å². The number of ether oxygens (including phenoxy) is 2. The molecule has 4 nitrogen and oxygen atoms in total. The number of halogens is 2. The third kappa shape index (κ3) is 3.30. The van der Waals surface area contributed by atoms with Gasteiger partial charge in [0.15, 0.2) is 5.78 Å². The van der Waals surface area contributed by atoms with Gasteiger partial charge in [0.2, 0.25) is 6.79 Å². The monoisotopic (exact) mass is 382 g/mol. The highest BCUT2D eigenvalue weighted by atomic mass is 35.5. The van der Waals surface area contributed by atoms with Crippen molar-refractivity contribution in [3.8, 4) is 5.75 Å². The van der Waals surface area contributed by atoms with Crippen molar-refractivity contribution in [2.24, 2.45) is 5.41 Å². The van der Waals surface area contributed by atoms with E-state index in [4.69, 9.17) is 32.7 Å². The molecule has 6 heteroatoms. The van der Waals surface area contributed by atoms with Crippen molar-refractivity contribution in [1.82, 2.24) is 0 Å². The van der Waals surface area contributed by atoms with E-state index in [2.05, 4.69) is 6.92 Å². The molecule has 1 aromatic rings. The average molecular weight is 383 g/mol. The van der Waals surface area contributed by atoms with Gasteiger partial charge in [-0.1, -0.05) is 36.5 Å². The molecule has 0 N–H and O–H groups in total. The molecule has 2 aliphatic carbocycles. The molecule has 134 valence electrons. The highest BCUT2D eigenvalue weighted by Crippen LogP contribution is 2.58. The van der Waals surface area contributed by atoms with Gasteiger partial charge in [-0.15, -0.1) is 0 Å². The Morgan fingerprint density at radius 1 is 1.32 bits per heavy atom. The lowest BCUT2D eigenvalue weighted by Crippen LogP contribution is -2.25. The van der Waals surface area contributed by atoms with Gasteiger partial charge in [-0.25, -0.2) is 0 Å². The van der Waals surface area contributed by atoms with Crippen molar-refractivity contribution in [2.75, 3.05) is 6.79 Å². The molecule has 1 atom stereocenters. The number of rotatable bonds is 5. The van der Waals surface area contributed by atoms with Crippen LogP contribution in [0.15, 0.2) is 12.1 Å². The molecule has 0 aromatic heterocycles. The number of carbonyl (C=O) groups excluding carboxylic acids is 2. The van der Waals surface area contributed by atoms with Gasteiger partial charge in [-0.3, -0.25) is 9.59 Å². The number of fused-ring (bicyclic) bond motifs is 3. The minimum absolute atomic E-state index is 0.0491. The average Bonchev–Trinajstić information content (AvgIpc) is 2.86. The fraction of sp³-hybridized carbons (Fsp3) is 0.474. The molecule has 0 amide bonds. The number of hydrogen-bond acceptors (Lipinski definition) is 4. The zero-order valence-corrected chi connectivity index (χ0v) is 15.8. The zero-order valence-electron chi connectivity index (χ0n) is 14.3. The second kappa shape index (κ2) is 7.00. The Labute approximate surface area is 157 Å². The van der Waals surface area contributed by atoms with Gasteiger partial charge in [-0.2, -0.15) is 0 Å². The predicted octanol–water partition coefficient (Wildman–Crippen LogP) is 4.98. The summed E-state index contributed by atoms with van der Waals surface area (Å²) in [5.41, 5.74) is 2.86. The van der Waals surface area contributed by atoms with Gasteiger partial charge in [0.05, 0.1) is 5.02 Å². The van der Waals surface area contributed by atoms with Gasteiger partial charge in [0, 0.05) is 24.3 Å². The second-order valence-electron chi connectivity index (χ2n) is 6.67. The lowest BCUT2D eigenvalue weighted by atomic mass is 9.70. The van der Waals surface area contributed by atoms with E-state index >= 15 is 0 Å². The summed E-state index contributed by atoms with van der Waals surface area (Å²) >= 11 is 12.9.